The number of aromatic nitrogens is 1. The van der Waals surface area contributed by atoms with Gasteiger partial charge in [-0.25, -0.2) is 4.98 Å². The third kappa shape index (κ3) is 1.72. The lowest BCUT2D eigenvalue weighted by molar-refractivity contribution is 0.0830. The average molecular weight is 230 g/mol. The fraction of sp³-hybridized carbons (Fsp3) is 0.167. The first-order valence-electron chi connectivity index (χ1n) is 5.09. The van der Waals surface area contributed by atoms with E-state index in [1.807, 2.05) is 41.2 Å². The highest BCUT2D eigenvalue weighted by Crippen LogP contribution is 2.28. The van der Waals surface area contributed by atoms with Crippen LogP contribution in [0, 0.1) is 0 Å². The molecule has 0 N–H and O–H groups in total. The molecule has 1 aromatic heterocycles. The van der Waals surface area contributed by atoms with Crippen molar-refractivity contribution >= 4 is 17.0 Å². The van der Waals surface area contributed by atoms with Gasteiger partial charge in [0.05, 0.1) is 16.9 Å². The molecule has 16 heavy (non-hydrogen) atoms. The molecule has 4 heteroatoms. The van der Waals surface area contributed by atoms with Gasteiger partial charge in [0.25, 0.3) is 0 Å². The number of hydrogen-bond acceptors (Lipinski definition) is 4. The summed E-state index contributed by atoms with van der Waals surface area (Å²) in [5.41, 5.74) is 4.91. The minimum absolute atomic E-state index is 0.0125. The van der Waals surface area contributed by atoms with Crippen molar-refractivity contribution in [3.05, 3.63) is 52.5 Å². The van der Waals surface area contributed by atoms with Crippen LogP contribution in [-0.2, 0) is 4.84 Å². The lowest BCUT2D eigenvalue weighted by Crippen LogP contribution is -2.01. The van der Waals surface area contributed by atoms with E-state index in [2.05, 4.69) is 10.1 Å². The molecule has 0 spiro atoms. The van der Waals surface area contributed by atoms with E-state index in [-0.39, 0.29) is 6.10 Å². The molecule has 0 bridgehead atoms. The second-order valence-electron chi connectivity index (χ2n) is 3.62. The number of oxime groups is 1. The van der Waals surface area contributed by atoms with Gasteiger partial charge >= 0.3 is 0 Å². The molecule has 0 amide bonds. The molecule has 3 nitrogen and oxygen atoms in total. The van der Waals surface area contributed by atoms with E-state index in [9.17, 15) is 0 Å². The first kappa shape index (κ1) is 9.54. The van der Waals surface area contributed by atoms with Crippen molar-refractivity contribution in [3.8, 4) is 0 Å². The molecule has 0 aliphatic carbocycles. The van der Waals surface area contributed by atoms with E-state index in [4.69, 9.17) is 4.84 Å². The summed E-state index contributed by atoms with van der Waals surface area (Å²) in [7, 11) is 0. The molecule has 1 aliphatic heterocycles. The Morgan fingerprint density at radius 2 is 2.12 bits per heavy atom. The molecule has 0 radical (unpaired) electrons. The van der Waals surface area contributed by atoms with Crippen LogP contribution in [0.3, 0.4) is 0 Å². The van der Waals surface area contributed by atoms with Gasteiger partial charge in [0.1, 0.15) is 0 Å². The van der Waals surface area contributed by atoms with Crippen LogP contribution in [0.15, 0.2) is 46.4 Å². The summed E-state index contributed by atoms with van der Waals surface area (Å²) in [4.78, 5) is 9.64. The summed E-state index contributed by atoms with van der Waals surface area (Å²) in [5, 5.41) is 6.13. The summed E-state index contributed by atoms with van der Waals surface area (Å²) >= 11 is 1.58. The smallest absolute Gasteiger partial charge is 0.175 e. The van der Waals surface area contributed by atoms with Gasteiger partial charge in [0.2, 0.25) is 0 Å². The lowest BCUT2D eigenvalue weighted by atomic mass is 10.0. The number of benzene rings is 1. The van der Waals surface area contributed by atoms with E-state index >= 15 is 0 Å². The summed E-state index contributed by atoms with van der Waals surface area (Å²) < 4.78 is 0. The van der Waals surface area contributed by atoms with Crippen LogP contribution in [0.1, 0.15) is 23.8 Å². The molecule has 1 aromatic carbocycles. The molecule has 0 fully saturated rings. The predicted octanol–water partition coefficient (Wildman–Crippen LogP) is 3.01. The molecule has 0 saturated carbocycles. The van der Waals surface area contributed by atoms with Crippen molar-refractivity contribution in [3.63, 3.8) is 0 Å². The van der Waals surface area contributed by atoms with E-state index in [1.54, 1.807) is 11.3 Å². The Morgan fingerprint density at radius 3 is 2.88 bits per heavy atom. The maximum atomic E-state index is 5.40. The van der Waals surface area contributed by atoms with E-state index in [0.29, 0.717) is 0 Å². The van der Waals surface area contributed by atoms with Gasteiger partial charge in [0, 0.05) is 11.8 Å². The summed E-state index contributed by atoms with van der Waals surface area (Å²) in [6.45, 7) is 0. The van der Waals surface area contributed by atoms with Crippen molar-refractivity contribution in [1.29, 1.82) is 0 Å². The highest BCUT2D eigenvalue weighted by atomic mass is 32.1. The molecule has 0 saturated heterocycles. The Bertz CT molecular complexity index is 493. The Balaban J connectivity index is 1.78. The molecular formula is C12H10N2OS. The van der Waals surface area contributed by atoms with Gasteiger partial charge < -0.3 is 4.84 Å². The zero-order chi connectivity index (χ0) is 10.8. The minimum atomic E-state index is -0.0125. The lowest BCUT2D eigenvalue weighted by Gasteiger charge is -2.03. The third-order valence-electron chi connectivity index (χ3n) is 2.56. The standard InChI is InChI=1S/C12H10N2OS/c1-2-4-9(5-3-1)10-6-12(15-14-10)11-7-16-8-13-11/h1-5,7-8,12H,6H2. The van der Waals surface area contributed by atoms with Crippen LogP contribution < -0.4 is 0 Å². The first-order chi connectivity index (χ1) is 7.93. The number of thiazole rings is 1. The normalized spacial score (nSPS) is 19.2. The van der Waals surface area contributed by atoms with Gasteiger partial charge in [-0.3, -0.25) is 0 Å². The van der Waals surface area contributed by atoms with Crippen LogP contribution in [0.4, 0.5) is 0 Å². The molecule has 1 aliphatic rings. The van der Waals surface area contributed by atoms with Gasteiger partial charge in [-0.2, -0.15) is 0 Å². The zero-order valence-corrected chi connectivity index (χ0v) is 9.35. The van der Waals surface area contributed by atoms with Crippen molar-refractivity contribution in [1.82, 2.24) is 4.98 Å². The minimum Gasteiger partial charge on any atom is -0.385 e. The zero-order valence-electron chi connectivity index (χ0n) is 8.54. The second-order valence-corrected chi connectivity index (χ2v) is 4.33. The van der Waals surface area contributed by atoms with Crippen LogP contribution in [-0.4, -0.2) is 10.7 Å². The topological polar surface area (TPSA) is 34.5 Å². The SMILES string of the molecule is c1ccc(C2=NOC(c3cscn3)C2)cc1. The highest BCUT2D eigenvalue weighted by Gasteiger charge is 2.24. The summed E-state index contributed by atoms with van der Waals surface area (Å²) in [6, 6.07) is 10.1. The van der Waals surface area contributed by atoms with Crippen molar-refractivity contribution < 1.29 is 4.84 Å². The molecule has 1 unspecified atom stereocenters. The predicted molar refractivity (Wildman–Crippen MR) is 63.5 cm³/mol. The van der Waals surface area contributed by atoms with E-state index < -0.39 is 0 Å². The van der Waals surface area contributed by atoms with Gasteiger partial charge in [-0.1, -0.05) is 35.5 Å². The van der Waals surface area contributed by atoms with Crippen molar-refractivity contribution in [2.24, 2.45) is 5.16 Å². The van der Waals surface area contributed by atoms with E-state index in [0.717, 1.165) is 23.4 Å². The molecule has 2 heterocycles. The third-order valence-corrected chi connectivity index (χ3v) is 3.16. The molecule has 1 atom stereocenters. The van der Waals surface area contributed by atoms with Gasteiger partial charge in [0.15, 0.2) is 6.10 Å². The quantitative estimate of drug-likeness (QED) is 0.794. The molecule has 3 rings (SSSR count). The number of nitrogens with zero attached hydrogens (tertiary/aromatic N) is 2. The first-order valence-corrected chi connectivity index (χ1v) is 6.04. The Hall–Kier alpha value is -1.68. The maximum absolute atomic E-state index is 5.40. The molecule has 80 valence electrons. The average Bonchev–Trinajstić information content (AvgIpc) is 3.01. The van der Waals surface area contributed by atoms with E-state index in [1.165, 1.54) is 0 Å². The van der Waals surface area contributed by atoms with Crippen LogP contribution in [0.25, 0.3) is 0 Å². The highest BCUT2D eigenvalue weighted by molar-refractivity contribution is 7.07. The van der Waals surface area contributed by atoms with Crippen molar-refractivity contribution in [2.45, 2.75) is 12.5 Å². The molecule has 2 aromatic rings. The Morgan fingerprint density at radius 1 is 1.25 bits per heavy atom. The fourth-order valence-corrected chi connectivity index (χ4v) is 2.31. The molecular weight excluding hydrogens is 220 g/mol. The monoisotopic (exact) mass is 230 g/mol. The van der Waals surface area contributed by atoms with Crippen LogP contribution in [0.5, 0.6) is 0 Å². The van der Waals surface area contributed by atoms with Gasteiger partial charge in [-0.05, 0) is 5.56 Å². The van der Waals surface area contributed by atoms with Crippen LogP contribution >= 0.6 is 11.3 Å². The second kappa shape index (κ2) is 4.06. The fourth-order valence-electron chi connectivity index (χ4n) is 1.72. The summed E-state index contributed by atoms with van der Waals surface area (Å²) in [6.07, 6.45) is 0.787. The Labute approximate surface area is 97.4 Å². The van der Waals surface area contributed by atoms with Crippen molar-refractivity contribution in [2.75, 3.05) is 0 Å². The maximum Gasteiger partial charge on any atom is 0.175 e. The largest absolute Gasteiger partial charge is 0.385 e. The Kier molecular flexibility index (Phi) is 2.42. The van der Waals surface area contributed by atoms with Gasteiger partial charge in [-0.15, -0.1) is 11.3 Å². The number of rotatable bonds is 2. The van der Waals surface area contributed by atoms with Crippen LogP contribution in [0.2, 0.25) is 0 Å². The number of hydrogen-bond donors (Lipinski definition) is 0. The summed E-state index contributed by atoms with van der Waals surface area (Å²) in [5.74, 6) is 0.